The molecule has 2 nitrogen and oxygen atoms in total. The van der Waals surface area contributed by atoms with E-state index >= 15 is 0 Å². The van der Waals surface area contributed by atoms with Gasteiger partial charge >= 0.3 is 0 Å². The monoisotopic (exact) mass is 302 g/mol. The quantitative estimate of drug-likeness (QED) is 0.911. The Morgan fingerprint density at radius 2 is 2.16 bits per heavy atom. The van der Waals surface area contributed by atoms with Crippen LogP contribution < -0.4 is 0 Å². The minimum Gasteiger partial charge on any atom is -0.389 e. The lowest BCUT2D eigenvalue weighted by Crippen LogP contribution is -2.44. The predicted molar refractivity (Wildman–Crippen MR) is 78.9 cm³/mol. The van der Waals surface area contributed by atoms with E-state index in [1.165, 1.54) is 0 Å². The molecular weight excluding hydrogens is 283 g/mol. The molecule has 19 heavy (non-hydrogen) atoms. The van der Waals surface area contributed by atoms with Gasteiger partial charge in [0.2, 0.25) is 0 Å². The van der Waals surface area contributed by atoms with Gasteiger partial charge in [0.05, 0.1) is 21.8 Å². The molecule has 0 aromatic heterocycles. The summed E-state index contributed by atoms with van der Waals surface area (Å²) >= 11 is 12.2. The van der Waals surface area contributed by atoms with Gasteiger partial charge in [-0.3, -0.25) is 0 Å². The van der Waals surface area contributed by atoms with E-state index in [9.17, 15) is 5.11 Å². The third-order valence-corrected chi connectivity index (χ3v) is 4.63. The van der Waals surface area contributed by atoms with Crippen molar-refractivity contribution in [2.24, 2.45) is 5.92 Å². The van der Waals surface area contributed by atoms with Crippen molar-refractivity contribution in [3.8, 4) is 0 Å². The van der Waals surface area contributed by atoms with E-state index in [0.717, 1.165) is 5.56 Å². The van der Waals surface area contributed by atoms with Crippen LogP contribution in [0, 0.1) is 5.92 Å². The molecule has 2 rings (SSSR count). The van der Waals surface area contributed by atoms with Gasteiger partial charge in [-0.2, -0.15) is 0 Å². The number of rotatable bonds is 3. The molecule has 106 valence electrons. The minimum atomic E-state index is -0.749. The van der Waals surface area contributed by atoms with Crippen molar-refractivity contribution in [2.75, 3.05) is 6.61 Å². The van der Waals surface area contributed by atoms with Gasteiger partial charge < -0.3 is 9.84 Å². The standard InChI is InChI=1S/C15H20Cl2O2/c1-10(2)13-9-15(18,6-7-19-13)8-11-4-3-5-12(16)14(11)17/h3-5,10,13,18H,6-9H2,1-2H3. The molecule has 1 saturated heterocycles. The topological polar surface area (TPSA) is 29.5 Å². The highest BCUT2D eigenvalue weighted by atomic mass is 35.5. The molecule has 1 N–H and O–H groups in total. The van der Waals surface area contributed by atoms with E-state index in [0.29, 0.717) is 41.8 Å². The van der Waals surface area contributed by atoms with Crippen molar-refractivity contribution < 1.29 is 9.84 Å². The van der Waals surface area contributed by atoms with Crippen LogP contribution in [-0.2, 0) is 11.2 Å². The van der Waals surface area contributed by atoms with Crippen molar-refractivity contribution in [1.82, 2.24) is 0 Å². The van der Waals surface area contributed by atoms with Gasteiger partial charge in [-0.15, -0.1) is 0 Å². The normalized spacial score (nSPS) is 27.8. The fourth-order valence-corrected chi connectivity index (χ4v) is 2.95. The maximum Gasteiger partial charge on any atom is 0.0735 e. The Morgan fingerprint density at radius 3 is 2.84 bits per heavy atom. The molecule has 4 heteroatoms. The molecule has 1 aliphatic rings. The molecule has 1 fully saturated rings. The molecule has 0 radical (unpaired) electrons. The maximum absolute atomic E-state index is 10.8. The first-order chi connectivity index (χ1) is 8.91. The number of hydrogen-bond acceptors (Lipinski definition) is 2. The van der Waals surface area contributed by atoms with Crippen molar-refractivity contribution in [1.29, 1.82) is 0 Å². The van der Waals surface area contributed by atoms with Gasteiger partial charge in [0.25, 0.3) is 0 Å². The molecule has 1 aliphatic heterocycles. The van der Waals surface area contributed by atoms with Crippen molar-refractivity contribution >= 4 is 23.2 Å². The van der Waals surface area contributed by atoms with Crippen molar-refractivity contribution in [2.45, 2.75) is 44.8 Å². The highest BCUT2D eigenvalue weighted by Gasteiger charge is 2.36. The summed E-state index contributed by atoms with van der Waals surface area (Å²) in [4.78, 5) is 0. The highest BCUT2D eigenvalue weighted by molar-refractivity contribution is 6.42. The maximum atomic E-state index is 10.8. The summed E-state index contributed by atoms with van der Waals surface area (Å²) < 4.78 is 5.71. The molecule has 1 aromatic carbocycles. The van der Waals surface area contributed by atoms with Gasteiger partial charge in [0.15, 0.2) is 0 Å². The zero-order valence-electron chi connectivity index (χ0n) is 11.3. The van der Waals surface area contributed by atoms with Crippen LogP contribution in [-0.4, -0.2) is 23.4 Å². The van der Waals surface area contributed by atoms with Crippen LogP contribution in [0.5, 0.6) is 0 Å². The van der Waals surface area contributed by atoms with Crippen LogP contribution >= 0.6 is 23.2 Å². The minimum absolute atomic E-state index is 0.108. The summed E-state index contributed by atoms with van der Waals surface area (Å²) in [6.45, 7) is 4.82. The third kappa shape index (κ3) is 3.63. The average molecular weight is 303 g/mol. The lowest BCUT2D eigenvalue weighted by atomic mass is 9.82. The fourth-order valence-electron chi connectivity index (χ4n) is 2.56. The lowest BCUT2D eigenvalue weighted by molar-refractivity contribution is -0.116. The second-order valence-electron chi connectivity index (χ2n) is 5.72. The molecule has 2 atom stereocenters. The van der Waals surface area contributed by atoms with Crippen LogP contribution in [0.15, 0.2) is 18.2 Å². The van der Waals surface area contributed by atoms with E-state index in [-0.39, 0.29) is 6.10 Å². The first-order valence-electron chi connectivity index (χ1n) is 6.68. The highest BCUT2D eigenvalue weighted by Crippen LogP contribution is 2.34. The molecule has 2 unspecified atom stereocenters. The Bertz CT molecular complexity index is 448. The van der Waals surface area contributed by atoms with Gasteiger partial charge in [0, 0.05) is 19.4 Å². The Labute approximate surface area is 124 Å². The molecule has 0 spiro atoms. The fraction of sp³-hybridized carbons (Fsp3) is 0.600. The molecular formula is C15H20Cl2O2. The van der Waals surface area contributed by atoms with Crippen LogP contribution in [0.2, 0.25) is 10.0 Å². The van der Waals surface area contributed by atoms with Crippen molar-refractivity contribution in [3.05, 3.63) is 33.8 Å². The summed E-state index contributed by atoms with van der Waals surface area (Å²) in [5.74, 6) is 0.404. The molecule has 1 heterocycles. The summed E-state index contributed by atoms with van der Waals surface area (Å²) in [5, 5.41) is 11.9. The first-order valence-corrected chi connectivity index (χ1v) is 7.44. The molecule has 0 amide bonds. The second-order valence-corrected chi connectivity index (χ2v) is 6.51. The summed E-state index contributed by atoms with van der Waals surface area (Å²) in [7, 11) is 0. The van der Waals surface area contributed by atoms with E-state index in [4.69, 9.17) is 27.9 Å². The molecule has 1 aromatic rings. The lowest BCUT2D eigenvalue weighted by Gasteiger charge is -2.38. The third-order valence-electron chi connectivity index (χ3n) is 3.78. The SMILES string of the molecule is CC(C)C1CC(O)(Cc2cccc(Cl)c2Cl)CCO1. The Hall–Kier alpha value is -0.280. The smallest absolute Gasteiger partial charge is 0.0735 e. The van der Waals surface area contributed by atoms with Crippen LogP contribution in [0.4, 0.5) is 0 Å². The second kappa shape index (κ2) is 6.01. The van der Waals surface area contributed by atoms with Crippen LogP contribution in [0.1, 0.15) is 32.3 Å². The molecule has 0 saturated carbocycles. The summed E-state index contributed by atoms with van der Waals surface area (Å²) in [6, 6.07) is 5.55. The molecule has 0 aliphatic carbocycles. The number of aliphatic hydroxyl groups is 1. The van der Waals surface area contributed by atoms with Gasteiger partial charge in [-0.1, -0.05) is 49.2 Å². The van der Waals surface area contributed by atoms with Crippen LogP contribution in [0.3, 0.4) is 0 Å². The predicted octanol–water partition coefficient (Wildman–Crippen LogP) is 4.10. The zero-order valence-corrected chi connectivity index (χ0v) is 12.8. The Balaban J connectivity index is 2.14. The van der Waals surface area contributed by atoms with E-state index < -0.39 is 5.60 Å². The largest absolute Gasteiger partial charge is 0.389 e. The number of ether oxygens (including phenoxy) is 1. The van der Waals surface area contributed by atoms with Gasteiger partial charge in [-0.05, 0) is 24.0 Å². The molecule has 0 bridgehead atoms. The van der Waals surface area contributed by atoms with E-state index in [1.54, 1.807) is 6.07 Å². The summed E-state index contributed by atoms with van der Waals surface area (Å²) in [6.07, 6.45) is 1.92. The number of halogens is 2. The number of benzene rings is 1. The van der Waals surface area contributed by atoms with E-state index in [2.05, 4.69) is 13.8 Å². The summed E-state index contributed by atoms with van der Waals surface area (Å²) in [5.41, 5.74) is 0.155. The average Bonchev–Trinajstić information content (AvgIpc) is 2.35. The first kappa shape index (κ1) is 15.1. The van der Waals surface area contributed by atoms with Crippen LogP contribution in [0.25, 0.3) is 0 Å². The van der Waals surface area contributed by atoms with Gasteiger partial charge in [-0.25, -0.2) is 0 Å². The zero-order chi connectivity index (χ0) is 14.0. The van der Waals surface area contributed by atoms with E-state index in [1.807, 2.05) is 12.1 Å². The number of hydrogen-bond donors (Lipinski definition) is 1. The van der Waals surface area contributed by atoms with Crippen molar-refractivity contribution in [3.63, 3.8) is 0 Å². The Morgan fingerprint density at radius 1 is 1.42 bits per heavy atom. The van der Waals surface area contributed by atoms with Gasteiger partial charge in [0.1, 0.15) is 0 Å². The Kier molecular flexibility index (Phi) is 4.78.